The zero-order chi connectivity index (χ0) is 11.8. The average molecular weight is 240 g/mol. The Balaban J connectivity index is 2.43. The predicted octanol–water partition coefficient (Wildman–Crippen LogP) is 1.77. The smallest absolute Gasteiger partial charge is 0.206 e. The molecule has 4 nitrogen and oxygen atoms in total. The second kappa shape index (κ2) is 7.24. The Morgan fingerprint density at radius 1 is 1.50 bits per heavy atom. The predicted molar refractivity (Wildman–Crippen MR) is 70.4 cm³/mol. The number of thiophene rings is 1. The van der Waals surface area contributed by atoms with Crippen LogP contribution in [0.5, 0.6) is 0 Å². The number of hydrogen-bond acceptors (Lipinski definition) is 3. The number of hydrogen-bond donors (Lipinski definition) is 3. The molecule has 0 saturated heterocycles. The summed E-state index contributed by atoms with van der Waals surface area (Å²) in [5.41, 5.74) is 5.13. The number of aliphatic imine (C=N–C) groups is 1. The molecule has 1 aromatic rings. The van der Waals surface area contributed by atoms with Crippen LogP contribution in [-0.4, -0.2) is 12.5 Å². The van der Waals surface area contributed by atoms with Gasteiger partial charge >= 0.3 is 0 Å². The molecular formula is C11H20N4S. The maximum atomic E-state index is 5.39. The van der Waals surface area contributed by atoms with E-state index < -0.39 is 0 Å². The molecule has 0 unspecified atom stereocenters. The molecule has 1 aromatic heterocycles. The van der Waals surface area contributed by atoms with E-state index in [1.807, 2.05) is 0 Å². The molecule has 0 saturated carbocycles. The van der Waals surface area contributed by atoms with E-state index in [0.29, 0.717) is 12.5 Å². The van der Waals surface area contributed by atoms with Crippen LogP contribution in [-0.2, 0) is 6.54 Å². The molecule has 0 amide bonds. The summed E-state index contributed by atoms with van der Waals surface area (Å²) >= 11 is 1.71. The molecule has 0 aliphatic rings. The zero-order valence-electron chi connectivity index (χ0n) is 9.92. The van der Waals surface area contributed by atoms with E-state index in [1.54, 1.807) is 11.3 Å². The molecule has 0 atom stereocenters. The molecule has 5 heteroatoms. The second-order valence-electron chi connectivity index (χ2n) is 3.67. The van der Waals surface area contributed by atoms with Gasteiger partial charge in [-0.3, -0.25) is 5.43 Å². The molecule has 0 spiro atoms. The third-order valence-electron chi connectivity index (χ3n) is 2.33. The van der Waals surface area contributed by atoms with Crippen LogP contribution in [0.1, 0.15) is 30.9 Å². The maximum absolute atomic E-state index is 5.39. The quantitative estimate of drug-likeness (QED) is 0.242. The minimum atomic E-state index is 0.666. The van der Waals surface area contributed by atoms with Crippen molar-refractivity contribution < 1.29 is 0 Å². The van der Waals surface area contributed by atoms with Gasteiger partial charge in [0.05, 0.1) is 6.54 Å². The molecule has 0 radical (unpaired) electrons. The first-order valence-corrected chi connectivity index (χ1v) is 6.48. The Labute approximate surface area is 101 Å². The van der Waals surface area contributed by atoms with Gasteiger partial charge in [0, 0.05) is 6.54 Å². The van der Waals surface area contributed by atoms with E-state index in [1.165, 1.54) is 11.1 Å². The number of nitrogens with two attached hydrogens (primary N) is 1. The summed E-state index contributed by atoms with van der Waals surface area (Å²) < 4.78 is 0. The summed E-state index contributed by atoms with van der Waals surface area (Å²) in [5, 5.41) is 7.42. The van der Waals surface area contributed by atoms with Crippen LogP contribution in [0, 0.1) is 6.92 Å². The number of rotatable bonds is 5. The van der Waals surface area contributed by atoms with Crippen molar-refractivity contribution in [3.8, 4) is 0 Å². The number of hydrazine groups is 1. The molecule has 90 valence electrons. The average Bonchev–Trinajstić information content (AvgIpc) is 2.69. The van der Waals surface area contributed by atoms with Crippen LogP contribution in [0.3, 0.4) is 0 Å². The van der Waals surface area contributed by atoms with Gasteiger partial charge < -0.3 is 5.32 Å². The van der Waals surface area contributed by atoms with Crippen molar-refractivity contribution in [2.24, 2.45) is 10.8 Å². The van der Waals surface area contributed by atoms with Gasteiger partial charge in [-0.15, -0.1) is 0 Å². The van der Waals surface area contributed by atoms with E-state index in [-0.39, 0.29) is 0 Å². The van der Waals surface area contributed by atoms with Gasteiger partial charge in [-0.1, -0.05) is 13.3 Å². The van der Waals surface area contributed by atoms with Crippen LogP contribution >= 0.6 is 11.3 Å². The summed E-state index contributed by atoms with van der Waals surface area (Å²) in [4.78, 5) is 4.39. The van der Waals surface area contributed by atoms with Crippen LogP contribution in [0.25, 0.3) is 0 Å². The van der Waals surface area contributed by atoms with Gasteiger partial charge in [0.25, 0.3) is 0 Å². The van der Waals surface area contributed by atoms with Crippen LogP contribution in [0.15, 0.2) is 15.8 Å². The number of nitrogens with zero attached hydrogens (tertiary/aromatic N) is 1. The Morgan fingerprint density at radius 3 is 2.88 bits per heavy atom. The van der Waals surface area contributed by atoms with Gasteiger partial charge in [-0.05, 0) is 35.2 Å². The van der Waals surface area contributed by atoms with Crippen molar-refractivity contribution in [2.75, 3.05) is 6.54 Å². The van der Waals surface area contributed by atoms with E-state index >= 15 is 0 Å². The lowest BCUT2D eigenvalue weighted by Gasteiger charge is -2.08. The molecular weight excluding hydrogens is 220 g/mol. The van der Waals surface area contributed by atoms with Crippen LogP contribution in [0.2, 0.25) is 0 Å². The summed E-state index contributed by atoms with van der Waals surface area (Å²) in [5.74, 6) is 6.06. The van der Waals surface area contributed by atoms with Crippen molar-refractivity contribution in [2.45, 2.75) is 33.2 Å². The van der Waals surface area contributed by atoms with Gasteiger partial charge in [-0.25, -0.2) is 10.8 Å². The normalized spacial score (nSPS) is 11.6. The van der Waals surface area contributed by atoms with Crippen LogP contribution < -0.4 is 16.6 Å². The van der Waals surface area contributed by atoms with Crippen molar-refractivity contribution >= 4 is 17.3 Å². The summed E-state index contributed by atoms with van der Waals surface area (Å²) in [6, 6.07) is 0. The summed E-state index contributed by atoms with van der Waals surface area (Å²) in [6.07, 6.45) is 2.28. The Kier molecular flexibility index (Phi) is 5.88. The minimum Gasteiger partial charge on any atom is -0.355 e. The highest BCUT2D eigenvalue weighted by Crippen LogP contribution is 2.14. The van der Waals surface area contributed by atoms with Gasteiger partial charge in [-0.2, -0.15) is 11.3 Å². The number of guanidine groups is 1. The molecule has 4 N–H and O–H groups in total. The molecule has 1 heterocycles. The lowest BCUT2D eigenvalue weighted by atomic mass is 10.2. The molecule has 0 aromatic carbocycles. The molecule has 16 heavy (non-hydrogen) atoms. The first-order valence-electron chi connectivity index (χ1n) is 5.54. The lowest BCUT2D eigenvalue weighted by molar-refractivity contribution is 0.732. The first kappa shape index (κ1) is 13.0. The van der Waals surface area contributed by atoms with E-state index in [2.05, 4.69) is 40.3 Å². The molecule has 0 aliphatic heterocycles. The van der Waals surface area contributed by atoms with Gasteiger partial charge in [0.15, 0.2) is 0 Å². The number of unbranched alkanes of at least 4 members (excludes halogenated alkanes) is 1. The fourth-order valence-corrected chi connectivity index (χ4v) is 2.10. The highest BCUT2D eigenvalue weighted by Gasteiger charge is 1.99. The Bertz CT molecular complexity index is 332. The summed E-state index contributed by atoms with van der Waals surface area (Å²) in [6.45, 7) is 5.83. The molecule has 0 aliphatic carbocycles. The zero-order valence-corrected chi connectivity index (χ0v) is 10.7. The molecule has 0 fully saturated rings. The highest BCUT2D eigenvalue weighted by atomic mass is 32.1. The topological polar surface area (TPSA) is 62.4 Å². The second-order valence-corrected chi connectivity index (χ2v) is 4.41. The van der Waals surface area contributed by atoms with Crippen molar-refractivity contribution in [1.29, 1.82) is 0 Å². The van der Waals surface area contributed by atoms with Crippen molar-refractivity contribution in [1.82, 2.24) is 10.7 Å². The third-order valence-corrected chi connectivity index (χ3v) is 3.24. The Morgan fingerprint density at radius 2 is 2.31 bits per heavy atom. The Hall–Kier alpha value is -1.07. The van der Waals surface area contributed by atoms with Crippen LogP contribution in [0.4, 0.5) is 0 Å². The number of aryl methyl sites for hydroxylation is 1. The SMILES string of the molecule is CCCCNC(=NCc1cscc1C)NN. The third kappa shape index (κ3) is 4.20. The van der Waals surface area contributed by atoms with Gasteiger partial charge in [0.2, 0.25) is 5.96 Å². The largest absolute Gasteiger partial charge is 0.355 e. The van der Waals surface area contributed by atoms with E-state index in [0.717, 1.165) is 19.4 Å². The first-order chi connectivity index (χ1) is 7.77. The van der Waals surface area contributed by atoms with E-state index in [4.69, 9.17) is 5.84 Å². The lowest BCUT2D eigenvalue weighted by Crippen LogP contribution is -2.41. The van der Waals surface area contributed by atoms with Crippen molar-refractivity contribution in [3.05, 3.63) is 21.9 Å². The maximum Gasteiger partial charge on any atom is 0.206 e. The standard InChI is InChI=1S/C11H20N4S/c1-3-4-5-13-11(15-12)14-6-10-8-16-7-9(10)2/h7-8H,3-6,12H2,1-2H3,(H2,13,14,15). The summed E-state index contributed by atoms with van der Waals surface area (Å²) in [7, 11) is 0. The molecule has 0 bridgehead atoms. The number of nitrogens with one attached hydrogen (secondary N) is 2. The fourth-order valence-electron chi connectivity index (χ4n) is 1.25. The van der Waals surface area contributed by atoms with Crippen molar-refractivity contribution in [3.63, 3.8) is 0 Å². The fraction of sp³-hybridized carbons (Fsp3) is 0.545. The monoisotopic (exact) mass is 240 g/mol. The minimum absolute atomic E-state index is 0.666. The molecule has 1 rings (SSSR count). The van der Waals surface area contributed by atoms with Gasteiger partial charge in [0.1, 0.15) is 0 Å². The van der Waals surface area contributed by atoms with E-state index in [9.17, 15) is 0 Å². The highest BCUT2D eigenvalue weighted by molar-refractivity contribution is 7.08.